The summed E-state index contributed by atoms with van der Waals surface area (Å²) in [6, 6.07) is 0.535. The van der Waals surface area contributed by atoms with E-state index in [1.54, 1.807) is 11.3 Å². The highest BCUT2D eigenvalue weighted by Crippen LogP contribution is 2.49. The summed E-state index contributed by atoms with van der Waals surface area (Å²) in [5.74, 6) is 0.801. The molecular formula is C15H24N2OS. The second kappa shape index (κ2) is 5.51. The highest BCUT2D eigenvalue weighted by molar-refractivity contribution is 7.07. The van der Waals surface area contributed by atoms with Crippen molar-refractivity contribution in [3.05, 3.63) is 16.6 Å². The molecular weight excluding hydrogens is 256 g/mol. The van der Waals surface area contributed by atoms with Crippen LogP contribution in [-0.2, 0) is 11.2 Å². The van der Waals surface area contributed by atoms with Crippen LogP contribution in [0.4, 0.5) is 0 Å². The molecule has 0 radical (unpaired) electrons. The third-order valence-corrected chi connectivity index (χ3v) is 5.07. The van der Waals surface area contributed by atoms with E-state index in [0.29, 0.717) is 12.1 Å². The van der Waals surface area contributed by atoms with Crippen LogP contribution >= 0.6 is 11.3 Å². The zero-order chi connectivity index (χ0) is 13.3. The number of hydrogen-bond donors (Lipinski definition) is 1. The topological polar surface area (TPSA) is 34.2 Å². The van der Waals surface area contributed by atoms with Crippen LogP contribution in [0.1, 0.15) is 38.8 Å². The fourth-order valence-electron chi connectivity index (χ4n) is 3.28. The Morgan fingerprint density at radius 2 is 2.37 bits per heavy atom. The molecule has 0 bridgehead atoms. The summed E-state index contributed by atoms with van der Waals surface area (Å²) in [4.78, 5) is 4.50. The molecule has 1 aliphatic heterocycles. The smallest absolute Gasteiger partial charge is 0.0794 e. The average Bonchev–Trinajstić information content (AvgIpc) is 2.94. The first-order chi connectivity index (χ1) is 9.20. The Kier molecular flexibility index (Phi) is 3.92. The van der Waals surface area contributed by atoms with E-state index in [1.165, 1.54) is 25.0 Å². The molecule has 19 heavy (non-hydrogen) atoms. The number of ether oxygens (including phenoxy) is 1. The largest absolute Gasteiger partial charge is 0.377 e. The number of hydrogen-bond acceptors (Lipinski definition) is 4. The molecule has 3 nitrogen and oxygen atoms in total. The van der Waals surface area contributed by atoms with Gasteiger partial charge in [0.2, 0.25) is 0 Å². The second-order valence-electron chi connectivity index (χ2n) is 6.43. The lowest BCUT2D eigenvalue weighted by Crippen LogP contribution is -2.45. The summed E-state index contributed by atoms with van der Waals surface area (Å²) in [6.45, 7) is 6.42. The molecule has 1 saturated heterocycles. The zero-order valence-electron chi connectivity index (χ0n) is 11.9. The van der Waals surface area contributed by atoms with Gasteiger partial charge in [0, 0.05) is 30.0 Å². The average molecular weight is 280 g/mol. The highest BCUT2D eigenvalue weighted by atomic mass is 32.1. The van der Waals surface area contributed by atoms with E-state index in [4.69, 9.17) is 4.74 Å². The molecule has 3 rings (SSSR count). The summed E-state index contributed by atoms with van der Waals surface area (Å²) >= 11 is 1.70. The predicted octanol–water partition coefficient (Wildman–Crippen LogP) is 2.87. The maximum absolute atomic E-state index is 6.11. The van der Waals surface area contributed by atoms with Crippen LogP contribution in [0.2, 0.25) is 0 Å². The van der Waals surface area contributed by atoms with Gasteiger partial charge in [-0.3, -0.25) is 0 Å². The van der Waals surface area contributed by atoms with E-state index < -0.39 is 0 Å². The lowest BCUT2D eigenvalue weighted by molar-refractivity contribution is 0.0295. The fraction of sp³-hybridized carbons (Fsp3) is 0.800. The van der Waals surface area contributed by atoms with E-state index >= 15 is 0 Å². The summed E-state index contributed by atoms with van der Waals surface area (Å²) in [5, 5.41) is 5.84. The van der Waals surface area contributed by atoms with Crippen LogP contribution < -0.4 is 5.32 Å². The van der Waals surface area contributed by atoms with Crippen molar-refractivity contribution in [2.24, 2.45) is 11.3 Å². The summed E-state index contributed by atoms with van der Waals surface area (Å²) in [7, 11) is 0. The molecule has 2 aliphatic rings. The van der Waals surface area contributed by atoms with Gasteiger partial charge in [-0.15, -0.1) is 11.3 Å². The maximum atomic E-state index is 6.11. The molecule has 0 spiro atoms. The molecule has 2 fully saturated rings. The molecule has 1 N–H and O–H groups in total. The van der Waals surface area contributed by atoms with Gasteiger partial charge in [0.1, 0.15) is 0 Å². The van der Waals surface area contributed by atoms with Crippen LogP contribution in [0.3, 0.4) is 0 Å². The maximum Gasteiger partial charge on any atom is 0.0794 e. The number of thiazole rings is 1. The Balaban J connectivity index is 1.77. The van der Waals surface area contributed by atoms with Crippen molar-refractivity contribution in [3.63, 3.8) is 0 Å². The second-order valence-corrected chi connectivity index (χ2v) is 7.15. The fourth-order valence-corrected chi connectivity index (χ4v) is 3.84. The first kappa shape index (κ1) is 13.5. The van der Waals surface area contributed by atoms with Crippen molar-refractivity contribution in [1.29, 1.82) is 0 Å². The monoisotopic (exact) mass is 280 g/mol. The van der Waals surface area contributed by atoms with Gasteiger partial charge in [0.15, 0.2) is 0 Å². The first-order valence-electron chi connectivity index (χ1n) is 7.42. The van der Waals surface area contributed by atoms with Crippen LogP contribution in [0.5, 0.6) is 0 Å². The van der Waals surface area contributed by atoms with Crippen molar-refractivity contribution in [3.8, 4) is 0 Å². The van der Waals surface area contributed by atoms with E-state index in [9.17, 15) is 0 Å². The molecule has 1 aromatic heterocycles. The highest BCUT2D eigenvalue weighted by Gasteiger charge is 2.50. The summed E-state index contributed by atoms with van der Waals surface area (Å²) in [6.07, 6.45) is 5.39. The van der Waals surface area contributed by atoms with Crippen LogP contribution in [-0.4, -0.2) is 30.3 Å². The van der Waals surface area contributed by atoms with Gasteiger partial charge in [0.05, 0.1) is 17.3 Å². The lowest BCUT2D eigenvalue weighted by atomic mass is 9.75. The molecule has 0 amide bonds. The third-order valence-electron chi connectivity index (χ3n) is 4.43. The molecule has 2 atom stereocenters. The number of nitrogens with one attached hydrogen (secondary N) is 1. The molecule has 1 aromatic rings. The van der Waals surface area contributed by atoms with Crippen molar-refractivity contribution in [2.45, 2.75) is 51.7 Å². The van der Waals surface area contributed by atoms with Gasteiger partial charge in [-0.1, -0.05) is 13.8 Å². The molecule has 1 aliphatic carbocycles. The van der Waals surface area contributed by atoms with Crippen molar-refractivity contribution in [2.75, 3.05) is 13.2 Å². The van der Waals surface area contributed by atoms with Gasteiger partial charge in [-0.2, -0.15) is 0 Å². The van der Waals surface area contributed by atoms with E-state index in [1.807, 2.05) is 5.51 Å². The Bertz CT molecular complexity index is 402. The minimum atomic E-state index is 0.263. The third kappa shape index (κ3) is 3.01. The summed E-state index contributed by atoms with van der Waals surface area (Å²) < 4.78 is 6.11. The van der Waals surface area contributed by atoms with E-state index in [2.05, 4.69) is 29.5 Å². The van der Waals surface area contributed by atoms with Crippen molar-refractivity contribution < 1.29 is 4.74 Å². The minimum absolute atomic E-state index is 0.263. The molecule has 0 aromatic carbocycles. The number of nitrogens with zero attached hydrogens (tertiary/aromatic N) is 1. The van der Waals surface area contributed by atoms with Gasteiger partial charge < -0.3 is 10.1 Å². The van der Waals surface area contributed by atoms with Gasteiger partial charge >= 0.3 is 0 Å². The molecule has 2 heterocycles. The van der Waals surface area contributed by atoms with Crippen molar-refractivity contribution in [1.82, 2.24) is 10.3 Å². The van der Waals surface area contributed by atoms with E-state index in [0.717, 1.165) is 25.5 Å². The van der Waals surface area contributed by atoms with Crippen molar-refractivity contribution >= 4 is 11.3 Å². The quantitative estimate of drug-likeness (QED) is 0.870. The van der Waals surface area contributed by atoms with E-state index in [-0.39, 0.29) is 5.41 Å². The van der Waals surface area contributed by atoms with Gasteiger partial charge in [0.25, 0.3) is 0 Å². The minimum Gasteiger partial charge on any atom is -0.377 e. The number of rotatable bonds is 6. The first-order valence-corrected chi connectivity index (χ1v) is 8.36. The Hall–Kier alpha value is -0.450. The van der Waals surface area contributed by atoms with Crippen LogP contribution in [0.15, 0.2) is 10.9 Å². The molecule has 2 unspecified atom stereocenters. The lowest BCUT2D eigenvalue weighted by Gasteiger charge is -2.35. The predicted molar refractivity (Wildman–Crippen MR) is 78.5 cm³/mol. The van der Waals surface area contributed by atoms with Gasteiger partial charge in [-0.25, -0.2) is 4.98 Å². The standard InChI is InChI=1S/C15H24N2OS/c1-11(2)16-9-15(7-13-8-19-10-17-13)5-6-18-14(15)12-3-4-12/h8,10-12,14,16H,3-7,9H2,1-2H3. The Morgan fingerprint density at radius 3 is 3.00 bits per heavy atom. The molecule has 106 valence electrons. The molecule has 4 heteroatoms. The van der Waals surface area contributed by atoms with Gasteiger partial charge in [-0.05, 0) is 31.6 Å². The Morgan fingerprint density at radius 1 is 1.53 bits per heavy atom. The summed E-state index contributed by atoms with van der Waals surface area (Å²) in [5.41, 5.74) is 3.45. The van der Waals surface area contributed by atoms with Crippen LogP contribution in [0.25, 0.3) is 0 Å². The normalized spacial score (nSPS) is 31.2. The number of aromatic nitrogens is 1. The SMILES string of the molecule is CC(C)NCC1(Cc2cscn2)CCOC1C1CC1. The Labute approximate surface area is 119 Å². The van der Waals surface area contributed by atoms with Crippen LogP contribution in [0, 0.1) is 11.3 Å². The molecule has 1 saturated carbocycles. The zero-order valence-corrected chi connectivity index (χ0v) is 12.7.